The van der Waals surface area contributed by atoms with Crippen molar-refractivity contribution >= 4 is 29.0 Å². The summed E-state index contributed by atoms with van der Waals surface area (Å²) in [4.78, 5) is 31.0. The number of likely N-dealkylation sites (N-methyl/N-ethyl adjacent to an activating group) is 1. The molecule has 1 fully saturated rings. The molecule has 4 rings (SSSR count). The Bertz CT molecular complexity index is 1080. The number of carbonyl (C=O) groups excluding carboxylic acids is 2. The maximum absolute atomic E-state index is 13.2. The first kappa shape index (κ1) is 23.0. The number of fused-ring (bicyclic) bond motifs is 1. The Morgan fingerprint density at radius 1 is 1.06 bits per heavy atom. The number of quaternary nitrogens is 1. The number of rotatable bonds is 3. The number of alkyl halides is 3. The first-order valence-corrected chi connectivity index (χ1v) is 11.0. The topological polar surface area (TPSA) is 75.0 Å². The van der Waals surface area contributed by atoms with Gasteiger partial charge in [0.15, 0.2) is 0 Å². The monoisotopic (exact) mass is 459 g/mol. The van der Waals surface area contributed by atoms with Crippen molar-refractivity contribution in [3.63, 3.8) is 0 Å². The molecule has 1 heterocycles. The third-order valence-electron chi connectivity index (χ3n) is 6.20. The van der Waals surface area contributed by atoms with E-state index in [2.05, 4.69) is 10.6 Å². The van der Waals surface area contributed by atoms with E-state index >= 15 is 0 Å². The predicted molar refractivity (Wildman–Crippen MR) is 118 cm³/mol. The SMILES string of the molecule is C[NH+]1C(=O)C(NC(=O)Nc2cccc(C(F)(F)F)c2)N=C(C2CCCCC2)c2ccccc21. The summed E-state index contributed by atoms with van der Waals surface area (Å²) < 4.78 is 38.9. The minimum absolute atomic E-state index is 0.0242. The van der Waals surface area contributed by atoms with Crippen LogP contribution in [0, 0.1) is 5.92 Å². The van der Waals surface area contributed by atoms with Gasteiger partial charge in [-0.1, -0.05) is 37.5 Å². The van der Waals surface area contributed by atoms with Gasteiger partial charge in [-0.15, -0.1) is 0 Å². The average Bonchev–Trinajstić information content (AvgIpc) is 2.90. The maximum atomic E-state index is 13.2. The highest BCUT2D eigenvalue weighted by molar-refractivity contribution is 6.08. The van der Waals surface area contributed by atoms with E-state index in [1.165, 1.54) is 12.1 Å². The van der Waals surface area contributed by atoms with Gasteiger partial charge >= 0.3 is 18.1 Å². The molecule has 1 saturated carbocycles. The normalized spacial score (nSPS) is 21.6. The Hall–Kier alpha value is -3.20. The smallest absolute Gasteiger partial charge is 0.308 e. The summed E-state index contributed by atoms with van der Waals surface area (Å²) in [6.45, 7) is 0. The van der Waals surface area contributed by atoms with E-state index in [-0.39, 0.29) is 17.5 Å². The van der Waals surface area contributed by atoms with Crippen LogP contribution in [-0.2, 0) is 11.0 Å². The van der Waals surface area contributed by atoms with Gasteiger partial charge < -0.3 is 10.6 Å². The summed E-state index contributed by atoms with van der Waals surface area (Å²) in [6.07, 6.45) is -0.431. The van der Waals surface area contributed by atoms with Crippen molar-refractivity contribution in [3.8, 4) is 0 Å². The van der Waals surface area contributed by atoms with Gasteiger partial charge in [0.1, 0.15) is 5.69 Å². The lowest BCUT2D eigenvalue weighted by Gasteiger charge is -2.24. The van der Waals surface area contributed by atoms with Crippen LogP contribution in [-0.4, -0.2) is 30.9 Å². The first-order chi connectivity index (χ1) is 15.7. The fourth-order valence-corrected chi connectivity index (χ4v) is 4.50. The van der Waals surface area contributed by atoms with E-state index in [4.69, 9.17) is 4.99 Å². The zero-order valence-corrected chi connectivity index (χ0v) is 18.2. The number of urea groups is 1. The van der Waals surface area contributed by atoms with Crippen molar-refractivity contribution in [1.82, 2.24) is 5.32 Å². The molecule has 1 aliphatic carbocycles. The van der Waals surface area contributed by atoms with Gasteiger partial charge in [-0.25, -0.2) is 19.5 Å². The van der Waals surface area contributed by atoms with Gasteiger partial charge in [0.2, 0.25) is 6.17 Å². The Kier molecular flexibility index (Phi) is 6.51. The van der Waals surface area contributed by atoms with Crippen LogP contribution < -0.4 is 15.5 Å². The lowest BCUT2D eigenvalue weighted by atomic mass is 9.83. The lowest BCUT2D eigenvalue weighted by Crippen LogP contribution is -3.08. The van der Waals surface area contributed by atoms with E-state index < -0.39 is 23.9 Å². The summed E-state index contributed by atoms with van der Waals surface area (Å²) in [5.41, 5.74) is 1.61. The summed E-state index contributed by atoms with van der Waals surface area (Å²) in [5.74, 6) is -0.151. The van der Waals surface area contributed by atoms with Crippen LogP contribution in [0.15, 0.2) is 53.5 Å². The standard InChI is InChI=1S/C24H25F3N4O2/c1-31-19-13-6-5-12-18(19)20(15-8-3-2-4-9-15)29-21(22(31)32)30-23(33)28-17-11-7-10-16(14-17)24(25,26)27/h5-7,10-15,21H,2-4,8-9H2,1H3,(H2,28,30,33)/p+1. The Labute approximate surface area is 189 Å². The number of benzodiazepines with no additional fused rings is 1. The molecule has 3 amide bonds. The number of hydrogen-bond donors (Lipinski definition) is 3. The third kappa shape index (κ3) is 5.08. The summed E-state index contributed by atoms with van der Waals surface area (Å²) in [6, 6.07) is 11.1. The van der Waals surface area contributed by atoms with Gasteiger partial charge in [0.05, 0.1) is 23.9 Å². The molecule has 0 aromatic heterocycles. The average molecular weight is 459 g/mol. The van der Waals surface area contributed by atoms with Crippen LogP contribution in [0.4, 0.5) is 29.3 Å². The Morgan fingerprint density at radius 2 is 1.79 bits per heavy atom. The summed E-state index contributed by atoms with van der Waals surface area (Å²) >= 11 is 0. The van der Waals surface area contributed by atoms with Crippen molar-refractivity contribution in [2.24, 2.45) is 10.9 Å². The molecular formula is C24H26F3N4O2+. The Morgan fingerprint density at radius 3 is 2.52 bits per heavy atom. The number of para-hydroxylation sites is 1. The number of aliphatic imine (C=N–C) groups is 1. The molecule has 0 radical (unpaired) electrons. The van der Waals surface area contributed by atoms with Gasteiger partial charge in [-0.2, -0.15) is 13.2 Å². The van der Waals surface area contributed by atoms with Gasteiger partial charge in [-0.3, -0.25) is 0 Å². The zero-order valence-electron chi connectivity index (χ0n) is 18.2. The van der Waals surface area contributed by atoms with Crippen molar-refractivity contribution < 1.29 is 27.7 Å². The molecule has 2 unspecified atom stereocenters. The Balaban J connectivity index is 1.60. The highest BCUT2D eigenvalue weighted by Crippen LogP contribution is 2.31. The first-order valence-electron chi connectivity index (χ1n) is 11.0. The van der Waals surface area contributed by atoms with E-state index in [9.17, 15) is 22.8 Å². The second-order valence-electron chi connectivity index (χ2n) is 8.46. The number of anilines is 1. The van der Waals surface area contributed by atoms with E-state index in [0.29, 0.717) is 4.90 Å². The number of nitrogens with zero attached hydrogens (tertiary/aromatic N) is 1. The van der Waals surface area contributed by atoms with Crippen molar-refractivity contribution in [3.05, 3.63) is 59.7 Å². The number of benzene rings is 2. The number of hydrogen-bond acceptors (Lipinski definition) is 3. The van der Waals surface area contributed by atoms with Crippen LogP contribution in [0.5, 0.6) is 0 Å². The molecule has 2 aromatic carbocycles. The molecule has 6 nitrogen and oxygen atoms in total. The second-order valence-corrected chi connectivity index (χ2v) is 8.46. The van der Waals surface area contributed by atoms with Gasteiger partial charge in [0, 0.05) is 17.7 Å². The molecule has 0 bridgehead atoms. The minimum atomic E-state index is -4.53. The lowest BCUT2D eigenvalue weighted by molar-refractivity contribution is -0.725. The largest absolute Gasteiger partial charge is 0.416 e. The number of halogens is 3. The highest BCUT2D eigenvalue weighted by Gasteiger charge is 2.37. The van der Waals surface area contributed by atoms with Crippen molar-refractivity contribution in [1.29, 1.82) is 0 Å². The van der Waals surface area contributed by atoms with Crippen LogP contribution >= 0.6 is 0 Å². The van der Waals surface area contributed by atoms with Crippen molar-refractivity contribution in [2.75, 3.05) is 12.4 Å². The highest BCUT2D eigenvalue weighted by atomic mass is 19.4. The zero-order chi connectivity index (χ0) is 23.6. The van der Waals surface area contributed by atoms with Crippen LogP contribution in [0.3, 0.4) is 0 Å². The molecule has 2 aliphatic rings. The molecular weight excluding hydrogens is 433 g/mol. The summed E-state index contributed by atoms with van der Waals surface area (Å²) in [7, 11) is 1.71. The molecule has 0 saturated heterocycles. The van der Waals surface area contributed by atoms with Crippen LogP contribution in [0.2, 0.25) is 0 Å². The maximum Gasteiger partial charge on any atom is 0.416 e. The fourth-order valence-electron chi connectivity index (χ4n) is 4.50. The molecule has 9 heteroatoms. The molecule has 174 valence electrons. The minimum Gasteiger partial charge on any atom is -0.308 e. The fraction of sp³-hybridized carbons (Fsp3) is 0.375. The molecule has 0 spiro atoms. The van der Waals surface area contributed by atoms with Gasteiger partial charge in [0.25, 0.3) is 0 Å². The predicted octanol–water partition coefficient (Wildman–Crippen LogP) is 3.91. The molecule has 2 atom stereocenters. The van der Waals surface area contributed by atoms with Crippen LogP contribution in [0.1, 0.15) is 43.2 Å². The number of nitrogens with one attached hydrogen (secondary N) is 3. The quantitative estimate of drug-likeness (QED) is 0.651. The molecule has 1 aliphatic heterocycles. The van der Waals surface area contributed by atoms with E-state index in [1.54, 1.807) is 7.05 Å². The number of carbonyl (C=O) groups is 2. The van der Waals surface area contributed by atoms with E-state index in [0.717, 1.165) is 61.2 Å². The summed E-state index contributed by atoms with van der Waals surface area (Å²) in [5, 5.41) is 4.95. The molecule has 3 N–H and O–H groups in total. The second kappa shape index (κ2) is 9.35. The van der Waals surface area contributed by atoms with Crippen LogP contribution in [0.25, 0.3) is 0 Å². The van der Waals surface area contributed by atoms with Gasteiger partial charge in [-0.05, 0) is 37.1 Å². The number of amides is 3. The van der Waals surface area contributed by atoms with E-state index in [1.807, 2.05) is 24.3 Å². The molecule has 33 heavy (non-hydrogen) atoms. The molecule has 2 aromatic rings. The third-order valence-corrected chi connectivity index (χ3v) is 6.20. The van der Waals surface area contributed by atoms with Crippen molar-refractivity contribution in [2.45, 2.75) is 44.4 Å².